The summed E-state index contributed by atoms with van der Waals surface area (Å²) < 4.78 is 59.7. The molecule has 0 radical (unpaired) electrons. The number of nitrogens with one attached hydrogen (secondary N) is 3. The van der Waals surface area contributed by atoms with E-state index >= 15 is 0 Å². The molecule has 2 aliphatic heterocycles. The van der Waals surface area contributed by atoms with Gasteiger partial charge in [0.1, 0.15) is 28.1 Å². The first kappa shape index (κ1) is 20.4. The number of sulfonamides is 1. The van der Waals surface area contributed by atoms with Gasteiger partial charge in [-0.3, -0.25) is 10.2 Å². The molecule has 4 rings (SSSR count). The Balaban J connectivity index is 1.66. The Morgan fingerprint density at radius 3 is 2.90 bits per heavy atom. The minimum Gasteiger partial charge on any atom is -0.377 e. The molecule has 0 bridgehead atoms. The lowest BCUT2D eigenvalue weighted by Gasteiger charge is -2.44. The van der Waals surface area contributed by atoms with Crippen molar-refractivity contribution in [3.63, 3.8) is 0 Å². The summed E-state index contributed by atoms with van der Waals surface area (Å²) >= 11 is 0. The van der Waals surface area contributed by atoms with Gasteiger partial charge in [0.15, 0.2) is 0 Å². The monoisotopic (exact) mass is 439 g/mol. The summed E-state index contributed by atoms with van der Waals surface area (Å²) in [5, 5.41) is 12.3. The molecule has 0 saturated carbocycles. The molecule has 9 nitrogen and oxygen atoms in total. The van der Waals surface area contributed by atoms with Crippen molar-refractivity contribution in [3.8, 4) is 0 Å². The van der Waals surface area contributed by atoms with Crippen LogP contribution >= 0.6 is 0 Å². The number of hydrogen-bond donors (Lipinski definition) is 3. The van der Waals surface area contributed by atoms with Crippen molar-refractivity contribution in [1.29, 1.82) is 5.41 Å². The van der Waals surface area contributed by atoms with E-state index in [-0.39, 0.29) is 30.9 Å². The number of nitrogens with zero attached hydrogens (tertiary/aromatic N) is 2. The van der Waals surface area contributed by atoms with Gasteiger partial charge in [0, 0.05) is 12.6 Å². The van der Waals surface area contributed by atoms with Crippen LogP contribution in [0.4, 0.5) is 8.78 Å². The van der Waals surface area contributed by atoms with Crippen LogP contribution in [0.25, 0.3) is 0 Å². The van der Waals surface area contributed by atoms with E-state index in [4.69, 9.17) is 10.1 Å². The van der Waals surface area contributed by atoms with Crippen LogP contribution < -0.4 is 10.6 Å². The smallest absolute Gasteiger partial charge is 0.270 e. The number of halogens is 2. The lowest BCUT2D eigenvalue weighted by atomic mass is 9.83. The zero-order valence-corrected chi connectivity index (χ0v) is 16.7. The molecule has 1 aliphatic carbocycles. The van der Waals surface area contributed by atoms with Crippen molar-refractivity contribution < 1.29 is 26.7 Å². The first-order chi connectivity index (χ1) is 14.1. The van der Waals surface area contributed by atoms with Crippen LogP contribution in [0, 0.1) is 11.2 Å². The third-order valence-electron chi connectivity index (χ3n) is 5.48. The molecule has 3 heterocycles. The third-order valence-corrected chi connectivity index (χ3v) is 7.68. The number of carbonyl (C=O) groups is 1. The van der Waals surface area contributed by atoms with Gasteiger partial charge in [0.2, 0.25) is 16.0 Å². The number of carbonyl (C=O) groups excluding carboxylic acids is 1. The zero-order valence-electron chi connectivity index (χ0n) is 15.9. The Bertz CT molecular complexity index is 1070. The lowest BCUT2D eigenvalue weighted by molar-refractivity contribution is 0.0938. The van der Waals surface area contributed by atoms with Gasteiger partial charge >= 0.3 is 0 Å². The average Bonchev–Trinajstić information content (AvgIpc) is 3.14. The summed E-state index contributed by atoms with van der Waals surface area (Å²) in [5.74, 6) is -2.21. The van der Waals surface area contributed by atoms with Crippen molar-refractivity contribution in [2.24, 2.45) is 0 Å². The molecular weight excluding hydrogens is 420 g/mol. The molecule has 2 fully saturated rings. The normalized spacial score (nSPS) is 30.1. The summed E-state index contributed by atoms with van der Waals surface area (Å²) in [5.41, 5.74) is -1.49. The van der Waals surface area contributed by atoms with E-state index in [1.54, 1.807) is 0 Å². The minimum atomic E-state index is -3.95. The molecule has 2 saturated heterocycles. The fraction of sp³-hybridized carbons (Fsp3) is 0.389. The zero-order chi connectivity index (χ0) is 21.7. The molecular formula is C18H19F2N5O4S. The van der Waals surface area contributed by atoms with Gasteiger partial charge < -0.3 is 15.4 Å². The molecule has 0 spiro atoms. The number of aromatic nitrogens is 1. The molecule has 1 amide bonds. The number of fused-ring (bicyclic) bond motifs is 1. The molecule has 160 valence electrons. The second kappa shape index (κ2) is 7.13. The molecule has 1 unspecified atom stereocenters. The molecule has 3 N–H and O–H groups in total. The van der Waals surface area contributed by atoms with Gasteiger partial charge in [-0.2, -0.15) is 0 Å². The van der Waals surface area contributed by atoms with E-state index in [1.807, 2.05) is 0 Å². The van der Waals surface area contributed by atoms with Gasteiger partial charge in [0.05, 0.1) is 25.5 Å². The van der Waals surface area contributed by atoms with Crippen LogP contribution in [0.5, 0.6) is 0 Å². The largest absolute Gasteiger partial charge is 0.377 e. The molecule has 1 aromatic rings. The quantitative estimate of drug-likeness (QED) is 0.628. The number of rotatable bonds is 3. The van der Waals surface area contributed by atoms with Gasteiger partial charge in [-0.1, -0.05) is 6.08 Å². The first-order valence-corrected chi connectivity index (χ1v) is 10.6. The van der Waals surface area contributed by atoms with Crippen LogP contribution in [0.1, 0.15) is 16.9 Å². The number of amides is 1. The van der Waals surface area contributed by atoms with Crippen molar-refractivity contribution in [2.45, 2.75) is 23.3 Å². The van der Waals surface area contributed by atoms with E-state index in [0.29, 0.717) is 0 Å². The highest BCUT2D eigenvalue weighted by molar-refractivity contribution is 7.90. The Morgan fingerprint density at radius 2 is 2.20 bits per heavy atom. The molecule has 3 aliphatic rings. The predicted octanol–water partition coefficient (Wildman–Crippen LogP) is 0.440. The van der Waals surface area contributed by atoms with Crippen LogP contribution in [0.15, 0.2) is 41.9 Å². The summed E-state index contributed by atoms with van der Waals surface area (Å²) in [6.07, 6.45) is 3.72. The third kappa shape index (κ3) is 3.16. The second-order valence-corrected chi connectivity index (χ2v) is 9.42. The maximum absolute atomic E-state index is 14.9. The van der Waals surface area contributed by atoms with E-state index < -0.39 is 50.4 Å². The Kier molecular flexibility index (Phi) is 4.85. The molecule has 1 aromatic heterocycles. The van der Waals surface area contributed by atoms with Crippen molar-refractivity contribution >= 4 is 21.9 Å². The number of hydrogen-bond acceptors (Lipinski definition) is 6. The van der Waals surface area contributed by atoms with E-state index in [2.05, 4.69) is 15.6 Å². The Hall–Kier alpha value is -2.86. The second-order valence-electron chi connectivity index (χ2n) is 7.27. The fourth-order valence-electron chi connectivity index (χ4n) is 3.85. The van der Waals surface area contributed by atoms with E-state index in [0.717, 1.165) is 16.6 Å². The maximum Gasteiger partial charge on any atom is 0.270 e. The topological polar surface area (TPSA) is 124 Å². The van der Waals surface area contributed by atoms with Gasteiger partial charge in [0.25, 0.3) is 5.91 Å². The summed E-state index contributed by atoms with van der Waals surface area (Å²) in [7, 11) is -2.71. The average molecular weight is 439 g/mol. The molecule has 12 heteroatoms. The summed E-state index contributed by atoms with van der Waals surface area (Å²) in [6.45, 7) is -0.311. The number of pyridine rings is 1. The molecule has 3 atom stereocenters. The van der Waals surface area contributed by atoms with Crippen molar-refractivity contribution in [2.75, 3.05) is 20.3 Å². The van der Waals surface area contributed by atoms with E-state index in [1.165, 1.54) is 25.3 Å². The van der Waals surface area contributed by atoms with Crippen molar-refractivity contribution in [3.05, 3.63) is 53.4 Å². The van der Waals surface area contributed by atoms with Crippen LogP contribution in [0.2, 0.25) is 0 Å². The highest BCUT2D eigenvalue weighted by Crippen LogP contribution is 2.41. The minimum absolute atomic E-state index is 0.00930. The van der Waals surface area contributed by atoms with Crippen LogP contribution in [-0.4, -0.2) is 66.7 Å². The van der Waals surface area contributed by atoms with E-state index in [9.17, 15) is 22.0 Å². The van der Waals surface area contributed by atoms with Gasteiger partial charge in [-0.25, -0.2) is 26.5 Å². The highest BCUT2D eigenvalue weighted by atomic mass is 32.2. The summed E-state index contributed by atoms with van der Waals surface area (Å²) in [6, 6.07) is 1.66. The van der Waals surface area contributed by atoms with Crippen molar-refractivity contribution in [1.82, 2.24) is 19.9 Å². The van der Waals surface area contributed by atoms with Gasteiger partial charge in [-0.15, -0.1) is 0 Å². The predicted molar refractivity (Wildman–Crippen MR) is 102 cm³/mol. The van der Waals surface area contributed by atoms with Crippen LogP contribution in [-0.2, 0) is 14.8 Å². The molecule has 30 heavy (non-hydrogen) atoms. The number of ether oxygens (including phenoxy) is 1. The maximum atomic E-state index is 14.9. The summed E-state index contributed by atoms with van der Waals surface area (Å²) in [4.78, 5) is 16.1. The fourth-order valence-corrected chi connectivity index (χ4v) is 5.56. The first-order valence-electron chi connectivity index (χ1n) is 9.08. The van der Waals surface area contributed by atoms with Gasteiger partial charge in [-0.05, 0) is 24.6 Å². The Morgan fingerprint density at radius 1 is 1.43 bits per heavy atom. The lowest BCUT2D eigenvalue weighted by Crippen LogP contribution is -2.69. The van der Waals surface area contributed by atoms with Crippen LogP contribution in [0.3, 0.4) is 0 Å². The number of guanidine groups is 1. The highest BCUT2D eigenvalue weighted by Gasteiger charge is 2.60. The Labute approximate surface area is 171 Å². The molecule has 0 aromatic carbocycles. The SMILES string of the molecule is CN1C(=N)N[C@]2(C3=CC(NC(=O)c4ccc(F)cn4)CC=C3F)COC[C@@H]2S1(=O)=O. The standard InChI is InChI=1S/C18H19F2N5O4S/c1-25-17(21)24-18(9-29-8-15(18)30(25,27)28)12-6-11(3-4-13(12)20)23-16(26)14-5-2-10(19)7-22-14/h2,4-7,11,15H,3,8-9H2,1H3,(H2,21,24)(H,23,26)/t11?,15-,18-/m0/s1.